The second kappa shape index (κ2) is 5.78. The highest BCUT2D eigenvalue weighted by atomic mass is 35.5. The Kier molecular flexibility index (Phi) is 4.10. The monoisotopic (exact) mass is 263 g/mol. The first-order chi connectivity index (χ1) is 8.69. The lowest BCUT2D eigenvalue weighted by molar-refractivity contribution is 0.316. The Labute approximate surface area is 111 Å². The normalized spacial score (nSPS) is 10.4. The minimum absolute atomic E-state index is 0.428. The summed E-state index contributed by atoms with van der Waals surface area (Å²) in [6.45, 7) is 4.54. The summed E-state index contributed by atoms with van der Waals surface area (Å²) in [5, 5.41) is 0.428. The summed E-state index contributed by atoms with van der Waals surface area (Å²) in [6, 6.07) is 3.62. The molecule has 0 amide bonds. The molecule has 0 saturated heterocycles. The lowest BCUT2D eigenvalue weighted by Crippen LogP contribution is -1.97. The number of rotatable bonds is 4. The van der Waals surface area contributed by atoms with E-state index in [0.29, 0.717) is 17.6 Å². The molecule has 0 saturated carbocycles. The summed E-state index contributed by atoms with van der Waals surface area (Å²) < 4.78 is 5.54. The van der Waals surface area contributed by atoms with Gasteiger partial charge in [-0.05, 0) is 19.4 Å². The zero-order chi connectivity index (χ0) is 13.0. The van der Waals surface area contributed by atoms with Crippen LogP contribution in [0.2, 0.25) is 5.15 Å². The average Bonchev–Trinajstić information content (AvgIpc) is 2.35. The van der Waals surface area contributed by atoms with Crippen molar-refractivity contribution in [2.45, 2.75) is 20.3 Å². The van der Waals surface area contributed by atoms with Gasteiger partial charge in [-0.2, -0.15) is 0 Å². The van der Waals surface area contributed by atoms with Gasteiger partial charge in [0.15, 0.2) is 0 Å². The van der Waals surface area contributed by atoms with Crippen LogP contribution in [0.25, 0.3) is 11.3 Å². The Morgan fingerprint density at radius 1 is 1.22 bits per heavy atom. The van der Waals surface area contributed by atoms with E-state index in [1.54, 1.807) is 25.4 Å². The van der Waals surface area contributed by atoms with Gasteiger partial charge in [0.2, 0.25) is 0 Å². The van der Waals surface area contributed by atoms with Crippen molar-refractivity contribution >= 4 is 11.6 Å². The SMILES string of the molecule is CCCOc1cncc(-c2cc(Cl)nc(C)n2)c1. The van der Waals surface area contributed by atoms with Crippen molar-refractivity contribution in [3.8, 4) is 17.0 Å². The van der Waals surface area contributed by atoms with Gasteiger partial charge in [0.25, 0.3) is 0 Å². The van der Waals surface area contributed by atoms with Gasteiger partial charge in [-0.3, -0.25) is 4.98 Å². The van der Waals surface area contributed by atoms with Crippen LogP contribution in [0.5, 0.6) is 5.75 Å². The molecule has 0 radical (unpaired) electrons. The van der Waals surface area contributed by atoms with Crippen molar-refractivity contribution in [2.75, 3.05) is 6.61 Å². The van der Waals surface area contributed by atoms with Gasteiger partial charge >= 0.3 is 0 Å². The van der Waals surface area contributed by atoms with Crippen molar-refractivity contribution in [3.63, 3.8) is 0 Å². The molecule has 0 bridgehead atoms. The van der Waals surface area contributed by atoms with E-state index in [1.807, 2.05) is 6.07 Å². The quantitative estimate of drug-likeness (QED) is 0.794. The molecule has 0 spiro atoms. The number of hydrogen-bond donors (Lipinski definition) is 0. The van der Waals surface area contributed by atoms with E-state index in [9.17, 15) is 0 Å². The van der Waals surface area contributed by atoms with Gasteiger partial charge in [-0.25, -0.2) is 9.97 Å². The zero-order valence-electron chi connectivity index (χ0n) is 10.4. The Morgan fingerprint density at radius 3 is 2.78 bits per heavy atom. The number of nitrogens with zero attached hydrogens (tertiary/aromatic N) is 3. The van der Waals surface area contributed by atoms with E-state index >= 15 is 0 Å². The standard InChI is InChI=1S/C13H14ClN3O/c1-3-4-18-11-5-10(7-15-8-11)12-6-13(14)17-9(2)16-12/h5-8H,3-4H2,1-2H3. The largest absolute Gasteiger partial charge is 0.492 e. The van der Waals surface area contributed by atoms with Crippen LogP contribution >= 0.6 is 11.6 Å². The van der Waals surface area contributed by atoms with Crippen LogP contribution in [-0.2, 0) is 0 Å². The first-order valence-electron chi connectivity index (χ1n) is 5.78. The zero-order valence-corrected chi connectivity index (χ0v) is 11.1. The molecule has 0 unspecified atom stereocenters. The third-order valence-corrected chi connectivity index (χ3v) is 2.48. The number of pyridine rings is 1. The van der Waals surface area contributed by atoms with Crippen molar-refractivity contribution < 1.29 is 4.74 Å². The smallest absolute Gasteiger partial charge is 0.138 e. The van der Waals surface area contributed by atoms with Gasteiger partial charge < -0.3 is 4.74 Å². The predicted molar refractivity (Wildman–Crippen MR) is 70.8 cm³/mol. The van der Waals surface area contributed by atoms with Crippen LogP contribution in [0, 0.1) is 6.92 Å². The Bertz CT molecular complexity index is 525. The van der Waals surface area contributed by atoms with Crippen molar-refractivity contribution in [3.05, 3.63) is 35.5 Å². The van der Waals surface area contributed by atoms with E-state index in [-0.39, 0.29) is 0 Å². The molecule has 2 heterocycles. The van der Waals surface area contributed by atoms with Gasteiger partial charge in [0.05, 0.1) is 18.5 Å². The average molecular weight is 264 g/mol. The molecule has 4 nitrogen and oxygen atoms in total. The highest BCUT2D eigenvalue weighted by Crippen LogP contribution is 2.22. The molecule has 0 aromatic carbocycles. The number of hydrogen-bond acceptors (Lipinski definition) is 4. The Hall–Kier alpha value is -1.68. The van der Waals surface area contributed by atoms with Gasteiger partial charge in [-0.15, -0.1) is 0 Å². The minimum atomic E-state index is 0.428. The fourth-order valence-electron chi connectivity index (χ4n) is 1.54. The number of aryl methyl sites for hydroxylation is 1. The molecule has 94 valence electrons. The van der Waals surface area contributed by atoms with Crippen LogP contribution in [0.15, 0.2) is 24.5 Å². The van der Waals surface area contributed by atoms with Gasteiger partial charge in [-0.1, -0.05) is 18.5 Å². The van der Waals surface area contributed by atoms with E-state index in [2.05, 4.69) is 21.9 Å². The van der Waals surface area contributed by atoms with Gasteiger partial charge in [0, 0.05) is 17.8 Å². The maximum absolute atomic E-state index is 5.92. The summed E-state index contributed by atoms with van der Waals surface area (Å²) in [7, 11) is 0. The number of halogens is 1. The van der Waals surface area contributed by atoms with Crippen LogP contribution < -0.4 is 4.74 Å². The first-order valence-corrected chi connectivity index (χ1v) is 6.16. The molecule has 0 N–H and O–H groups in total. The third kappa shape index (κ3) is 3.17. The van der Waals surface area contributed by atoms with Crippen molar-refractivity contribution in [1.82, 2.24) is 15.0 Å². The van der Waals surface area contributed by atoms with E-state index < -0.39 is 0 Å². The summed E-state index contributed by atoms with van der Waals surface area (Å²) in [4.78, 5) is 12.5. The van der Waals surface area contributed by atoms with E-state index in [4.69, 9.17) is 16.3 Å². The summed E-state index contributed by atoms with van der Waals surface area (Å²) >= 11 is 5.92. The molecule has 0 fully saturated rings. The molecule has 2 aromatic heterocycles. The molecule has 0 aliphatic carbocycles. The molecule has 2 aromatic rings. The van der Waals surface area contributed by atoms with Crippen molar-refractivity contribution in [1.29, 1.82) is 0 Å². The lowest BCUT2D eigenvalue weighted by atomic mass is 10.2. The lowest BCUT2D eigenvalue weighted by Gasteiger charge is -2.06. The van der Waals surface area contributed by atoms with E-state index in [0.717, 1.165) is 23.4 Å². The van der Waals surface area contributed by atoms with Crippen molar-refractivity contribution in [2.24, 2.45) is 0 Å². The second-order valence-corrected chi connectivity index (χ2v) is 4.27. The Balaban J connectivity index is 2.32. The van der Waals surface area contributed by atoms with Crippen LogP contribution in [0.3, 0.4) is 0 Å². The third-order valence-electron chi connectivity index (χ3n) is 2.29. The molecule has 18 heavy (non-hydrogen) atoms. The fraction of sp³-hybridized carbons (Fsp3) is 0.308. The topological polar surface area (TPSA) is 47.9 Å². The number of ether oxygens (including phenoxy) is 1. The molecular formula is C13H14ClN3O. The molecular weight excluding hydrogens is 250 g/mol. The molecule has 2 rings (SSSR count). The maximum Gasteiger partial charge on any atom is 0.138 e. The van der Waals surface area contributed by atoms with Crippen LogP contribution in [0.4, 0.5) is 0 Å². The molecule has 0 aliphatic rings. The highest BCUT2D eigenvalue weighted by molar-refractivity contribution is 6.29. The fourth-order valence-corrected chi connectivity index (χ4v) is 1.76. The predicted octanol–water partition coefficient (Wildman–Crippen LogP) is 3.29. The first kappa shape index (κ1) is 12.8. The minimum Gasteiger partial charge on any atom is -0.492 e. The highest BCUT2D eigenvalue weighted by Gasteiger charge is 2.05. The number of aromatic nitrogens is 3. The van der Waals surface area contributed by atoms with Crippen LogP contribution in [0.1, 0.15) is 19.2 Å². The molecule has 0 atom stereocenters. The second-order valence-electron chi connectivity index (χ2n) is 3.88. The Morgan fingerprint density at radius 2 is 2.06 bits per heavy atom. The summed E-state index contributed by atoms with van der Waals surface area (Å²) in [5.74, 6) is 1.37. The molecule has 0 aliphatic heterocycles. The maximum atomic E-state index is 5.92. The van der Waals surface area contributed by atoms with Crippen LogP contribution in [-0.4, -0.2) is 21.6 Å². The summed E-state index contributed by atoms with van der Waals surface area (Å²) in [6.07, 6.45) is 4.38. The molecule has 5 heteroatoms. The van der Waals surface area contributed by atoms with E-state index in [1.165, 1.54) is 0 Å². The summed E-state index contributed by atoms with van der Waals surface area (Å²) in [5.41, 5.74) is 1.62. The van der Waals surface area contributed by atoms with Gasteiger partial charge in [0.1, 0.15) is 16.7 Å².